The van der Waals surface area contributed by atoms with E-state index in [4.69, 9.17) is 10.5 Å². The molecule has 128 valence electrons. The van der Waals surface area contributed by atoms with Gasteiger partial charge in [0.05, 0.1) is 6.54 Å². The average Bonchev–Trinajstić information content (AvgIpc) is 2.60. The Labute approximate surface area is 140 Å². The molecule has 2 rings (SSSR count). The summed E-state index contributed by atoms with van der Waals surface area (Å²) in [5.74, 6) is -1.14. The van der Waals surface area contributed by atoms with Crippen molar-refractivity contribution in [2.75, 3.05) is 25.1 Å². The first kappa shape index (κ1) is 17.7. The van der Waals surface area contributed by atoms with Gasteiger partial charge in [0.15, 0.2) is 0 Å². The molecule has 7 nitrogen and oxygen atoms in total. The van der Waals surface area contributed by atoms with Crippen LogP contribution in [-0.4, -0.2) is 48.4 Å². The van der Waals surface area contributed by atoms with Gasteiger partial charge in [-0.1, -0.05) is 6.58 Å². The van der Waals surface area contributed by atoms with E-state index in [1.165, 1.54) is 11.0 Å². The lowest BCUT2D eigenvalue weighted by atomic mass is 10.0. The first-order valence-electron chi connectivity index (χ1n) is 7.71. The predicted octanol–water partition coefficient (Wildman–Crippen LogP) is 0.918. The summed E-state index contributed by atoms with van der Waals surface area (Å²) in [6.07, 6.45) is 2.51. The molecule has 7 heteroatoms. The van der Waals surface area contributed by atoms with Crippen molar-refractivity contribution in [1.82, 2.24) is 4.90 Å². The molecule has 1 aromatic carbocycles. The van der Waals surface area contributed by atoms with Gasteiger partial charge in [-0.05, 0) is 43.2 Å². The standard InChI is InChI=1S/C17H21N3O4/c1-2-16(22)19-13-5-3-12(4-6-13)17(23)20(11-15(18)21)14-7-9-24-10-8-14/h2-6,14H,1,7-11H2,(H2,18,21)(H,19,22). The second-order valence-corrected chi connectivity index (χ2v) is 5.51. The molecule has 3 amide bonds. The number of hydrogen-bond donors (Lipinski definition) is 2. The summed E-state index contributed by atoms with van der Waals surface area (Å²) < 4.78 is 5.30. The summed E-state index contributed by atoms with van der Waals surface area (Å²) in [5, 5.41) is 2.61. The van der Waals surface area contributed by atoms with Crippen LogP contribution in [0.3, 0.4) is 0 Å². The van der Waals surface area contributed by atoms with Crippen molar-refractivity contribution < 1.29 is 19.1 Å². The number of nitrogens with zero attached hydrogens (tertiary/aromatic N) is 1. The van der Waals surface area contributed by atoms with E-state index in [2.05, 4.69) is 11.9 Å². The van der Waals surface area contributed by atoms with Crippen LogP contribution in [0.2, 0.25) is 0 Å². The maximum Gasteiger partial charge on any atom is 0.254 e. The van der Waals surface area contributed by atoms with E-state index in [0.29, 0.717) is 37.3 Å². The molecule has 3 N–H and O–H groups in total. The summed E-state index contributed by atoms with van der Waals surface area (Å²) >= 11 is 0. The minimum atomic E-state index is -0.551. The third-order valence-electron chi connectivity index (χ3n) is 3.80. The number of primary amides is 1. The smallest absolute Gasteiger partial charge is 0.254 e. The van der Waals surface area contributed by atoms with Gasteiger partial charge in [-0.2, -0.15) is 0 Å². The normalized spacial score (nSPS) is 14.7. The largest absolute Gasteiger partial charge is 0.381 e. The third-order valence-corrected chi connectivity index (χ3v) is 3.80. The molecule has 0 bridgehead atoms. The van der Waals surface area contributed by atoms with E-state index >= 15 is 0 Å². The van der Waals surface area contributed by atoms with E-state index < -0.39 is 5.91 Å². The van der Waals surface area contributed by atoms with E-state index in [1.807, 2.05) is 0 Å². The maximum atomic E-state index is 12.7. The Balaban J connectivity index is 2.14. The van der Waals surface area contributed by atoms with Gasteiger partial charge in [0.1, 0.15) is 0 Å². The highest BCUT2D eigenvalue weighted by Crippen LogP contribution is 2.18. The zero-order valence-corrected chi connectivity index (χ0v) is 13.4. The Hall–Kier alpha value is -2.67. The van der Waals surface area contributed by atoms with Crippen LogP contribution in [0.5, 0.6) is 0 Å². The van der Waals surface area contributed by atoms with Crippen molar-refractivity contribution in [2.24, 2.45) is 5.73 Å². The van der Waals surface area contributed by atoms with Gasteiger partial charge < -0.3 is 20.7 Å². The van der Waals surface area contributed by atoms with E-state index in [0.717, 1.165) is 0 Å². The summed E-state index contributed by atoms with van der Waals surface area (Å²) in [6.45, 7) is 4.36. The van der Waals surface area contributed by atoms with Gasteiger partial charge in [-0.3, -0.25) is 14.4 Å². The van der Waals surface area contributed by atoms with Crippen molar-refractivity contribution in [3.8, 4) is 0 Å². The van der Waals surface area contributed by atoms with Crippen LogP contribution in [0.25, 0.3) is 0 Å². The molecule has 0 radical (unpaired) electrons. The van der Waals surface area contributed by atoms with Gasteiger partial charge in [-0.25, -0.2) is 0 Å². The average molecular weight is 331 g/mol. The highest BCUT2D eigenvalue weighted by atomic mass is 16.5. The third kappa shape index (κ3) is 4.66. The van der Waals surface area contributed by atoms with Gasteiger partial charge in [-0.15, -0.1) is 0 Å². The quantitative estimate of drug-likeness (QED) is 0.757. The van der Waals surface area contributed by atoms with Crippen LogP contribution in [0.4, 0.5) is 5.69 Å². The SMILES string of the molecule is C=CC(=O)Nc1ccc(C(=O)N(CC(N)=O)C2CCOCC2)cc1. The van der Waals surface area contributed by atoms with Crippen LogP contribution < -0.4 is 11.1 Å². The molecule has 0 aliphatic carbocycles. The van der Waals surface area contributed by atoms with Crippen LogP contribution in [0.15, 0.2) is 36.9 Å². The molecule has 1 fully saturated rings. The molecule has 24 heavy (non-hydrogen) atoms. The van der Waals surface area contributed by atoms with Crippen molar-refractivity contribution in [2.45, 2.75) is 18.9 Å². The Morgan fingerprint density at radius 3 is 2.42 bits per heavy atom. The molecular weight excluding hydrogens is 310 g/mol. The number of rotatable bonds is 6. The van der Waals surface area contributed by atoms with Crippen molar-refractivity contribution in [3.05, 3.63) is 42.5 Å². The molecule has 0 saturated carbocycles. The number of nitrogens with two attached hydrogens (primary N) is 1. The Kier molecular flexibility index (Phi) is 6.08. The molecule has 0 unspecified atom stereocenters. The molecule has 1 aromatic rings. The first-order valence-corrected chi connectivity index (χ1v) is 7.71. The van der Waals surface area contributed by atoms with Crippen LogP contribution in [0, 0.1) is 0 Å². The van der Waals surface area contributed by atoms with E-state index in [-0.39, 0.29) is 24.4 Å². The molecule has 1 saturated heterocycles. The van der Waals surface area contributed by atoms with Gasteiger partial charge in [0, 0.05) is 30.5 Å². The molecule has 0 aromatic heterocycles. The maximum absolute atomic E-state index is 12.7. The molecule has 1 aliphatic rings. The fourth-order valence-corrected chi connectivity index (χ4v) is 2.59. The molecule has 0 atom stereocenters. The number of benzene rings is 1. The zero-order chi connectivity index (χ0) is 17.5. The molecule has 1 aliphatic heterocycles. The monoisotopic (exact) mass is 331 g/mol. The van der Waals surface area contributed by atoms with Crippen molar-refractivity contribution in [3.63, 3.8) is 0 Å². The molecule has 0 spiro atoms. The van der Waals surface area contributed by atoms with Crippen molar-refractivity contribution in [1.29, 1.82) is 0 Å². The number of carbonyl (C=O) groups excluding carboxylic acids is 3. The summed E-state index contributed by atoms with van der Waals surface area (Å²) in [6, 6.07) is 6.39. The fourth-order valence-electron chi connectivity index (χ4n) is 2.59. The lowest BCUT2D eigenvalue weighted by molar-refractivity contribution is -0.119. The minimum absolute atomic E-state index is 0.0705. The predicted molar refractivity (Wildman–Crippen MR) is 89.3 cm³/mol. The minimum Gasteiger partial charge on any atom is -0.381 e. The lowest BCUT2D eigenvalue weighted by Crippen LogP contribution is -2.47. The van der Waals surface area contributed by atoms with E-state index in [1.54, 1.807) is 24.3 Å². The number of anilines is 1. The number of ether oxygens (including phenoxy) is 1. The summed E-state index contributed by atoms with van der Waals surface area (Å²) in [7, 11) is 0. The van der Waals surface area contributed by atoms with Crippen LogP contribution in [0.1, 0.15) is 23.2 Å². The van der Waals surface area contributed by atoms with Gasteiger partial charge in [0.25, 0.3) is 5.91 Å². The fraction of sp³-hybridized carbons (Fsp3) is 0.353. The van der Waals surface area contributed by atoms with Gasteiger partial charge in [0.2, 0.25) is 11.8 Å². The zero-order valence-electron chi connectivity index (χ0n) is 13.4. The molecule has 1 heterocycles. The number of hydrogen-bond acceptors (Lipinski definition) is 4. The Bertz CT molecular complexity index is 621. The lowest BCUT2D eigenvalue weighted by Gasteiger charge is -2.33. The van der Waals surface area contributed by atoms with Crippen LogP contribution >= 0.6 is 0 Å². The second kappa shape index (κ2) is 8.26. The number of amides is 3. The molecular formula is C17H21N3O4. The topological polar surface area (TPSA) is 102 Å². The van der Waals surface area contributed by atoms with E-state index in [9.17, 15) is 14.4 Å². The first-order chi connectivity index (χ1) is 11.5. The number of carbonyl (C=O) groups is 3. The highest BCUT2D eigenvalue weighted by Gasteiger charge is 2.27. The highest BCUT2D eigenvalue weighted by molar-refractivity contribution is 6.00. The summed E-state index contributed by atoms with van der Waals surface area (Å²) in [5.41, 5.74) is 6.28. The van der Waals surface area contributed by atoms with Crippen LogP contribution in [-0.2, 0) is 14.3 Å². The van der Waals surface area contributed by atoms with Gasteiger partial charge >= 0.3 is 0 Å². The Morgan fingerprint density at radius 2 is 1.88 bits per heavy atom. The summed E-state index contributed by atoms with van der Waals surface area (Å²) in [4.78, 5) is 36.9. The van der Waals surface area contributed by atoms with Crippen molar-refractivity contribution >= 4 is 23.4 Å². The second-order valence-electron chi connectivity index (χ2n) is 5.51. The number of nitrogens with one attached hydrogen (secondary N) is 1. The Morgan fingerprint density at radius 1 is 1.25 bits per heavy atom.